The summed E-state index contributed by atoms with van der Waals surface area (Å²) >= 11 is 0. The molecule has 6 nitrogen and oxygen atoms in total. The van der Waals surface area contributed by atoms with Crippen molar-refractivity contribution in [3.63, 3.8) is 0 Å². The average molecular weight is 261 g/mol. The molecule has 19 heavy (non-hydrogen) atoms. The topological polar surface area (TPSA) is 83.4 Å². The van der Waals surface area contributed by atoms with E-state index in [2.05, 4.69) is 10.2 Å². The first-order chi connectivity index (χ1) is 9.22. The summed E-state index contributed by atoms with van der Waals surface area (Å²) in [6, 6.07) is 3.49. The first-order valence-corrected chi connectivity index (χ1v) is 6.08. The Balaban J connectivity index is 2.06. The molecule has 0 radical (unpaired) electrons. The van der Waals surface area contributed by atoms with Crippen molar-refractivity contribution in [3.8, 4) is 23.0 Å². The van der Waals surface area contributed by atoms with E-state index in [4.69, 9.17) is 19.6 Å². The number of rotatable bonds is 4. The van der Waals surface area contributed by atoms with Gasteiger partial charge in [0.05, 0.1) is 25.5 Å². The van der Waals surface area contributed by atoms with Crippen molar-refractivity contribution >= 4 is 5.69 Å². The molecule has 100 valence electrons. The Morgan fingerprint density at radius 2 is 2.00 bits per heavy atom. The number of nitrogens with two attached hydrogens (primary N) is 1. The highest BCUT2D eigenvalue weighted by molar-refractivity contribution is 5.77. The van der Waals surface area contributed by atoms with E-state index >= 15 is 0 Å². The minimum absolute atomic E-state index is 0.400. The van der Waals surface area contributed by atoms with Crippen LogP contribution >= 0.6 is 0 Å². The Labute approximate surface area is 110 Å². The monoisotopic (exact) mass is 261 g/mol. The highest BCUT2D eigenvalue weighted by atomic mass is 16.5. The standard InChI is InChI=1S/C13H15N3O3/c1-17-8-5-9(11(14)10(6-8)18-2)13-16-15-12(19-13)7-3-4-7/h5-7H,3-4,14H2,1-2H3. The van der Waals surface area contributed by atoms with E-state index < -0.39 is 0 Å². The lowest BCUT2D eigenvalue weighted by Crippen LogP contribution is -1.97. The second-order valence-corrected chi connectivity index (χ2v) is 4.51. The molecule has 1 aliphatic carbocycles. The zero-order valence-corrected chi connectivity index (χ0v) is 10.8. The van der Waals surface area contributed by atoms with Crippen LogP contribution in [0.3, 0.4) is 0 Å². The number of nitrogen functional groups attached to an aromatic ring is 1. The van der Waals surface area contributed by atoms with Gasteiger partial charge in [-0.1, -0.05) is 0 Å². The smallest absolute Gasteiger partial charge is 0.250 e. The minimum Gasteiger partial charge on any atom is -0.497 e. The number of ether oxygens (including phenoxy) is 2. The fraction of sp³-hybridized carbons (Fsp3) is 0.385. The Morgan fingerprint density at radius 3 is 2.63 bits per heavy atom. The summed E-state index contributed by atoms with van der Waals surface area (Å²) in [4.78, 5) is 0. The molecular formula is C13H15N3O3. The lowest BCUT2D eigenvalue weighted by atomic mass is 10.1. The fourth-order valence-corrected chi connectivity index (χ4v) is 1.90. The summed E-state index contributed by atoms with van der Waals surface area (Å²) in [5.74, 6) is 2.65. The number of benzene rings is 1. The zero-order valence-electron chi connectivity index (χ0n) is 10.8. The van der Waals surface area contributed by atoms with Gasteiger partial charge in [0.1, 0.15) is 11.5 Å². The number of hydrogen-bond donors (Lipinski definition) is 1. The van der Waals surface area contributed by atoms with Gasteiger partial charge in [-0.05, 0) is 18.9 Å². The van der Waals surface area contributed by atoms with E-state index in [1.54, 1.807) is 26.4 Å². The van der Waals surface area contributed by atoms with Crippen LogP contribution in [0.25, 0.3) is 11.5 Å². The molecule has 1 heterocycles. The van der Waals surface area contributed by atoms with Gasteiger partial charge in [-0.3, -0.25) is 0 Å². The van der Waals surface area contributed by atoms with Gasteiger partial charge in [0, 0.05) is 12.0 Å². The molecule has 6 heteroatoms. The third kappa shape index (κ3) is 2.09. The maximum absolute atomic E-state index is 6.04. The summed E-state index contributed by atoms with van der Waals surface area (Å²) in [5, 5.41) is 8.10. The van der Waals surface area contributed by atoms with Gasteiger partial charge in [-0.25, -0.2) is 0 Å². The predicted molar refractivity (Wildman–Crippen MR) is 69.2 cm³/mol. The van der Waals surface area contributed by atoms with Gasteiger partial charge < -0.3 is 19.6 Å². The van der Waals surface area contributed by atoms with Crippen molar-refractivity contribution in [2.24, 2.45) is 0 Å². The van der Waals surface area contributed by atoms with Crippen LogP contribution in [-0.4, -0.2) is 24.4 Å². The Bertz CT molecular complexity index is 605. The van der Waals surface area contributed by atoms with Crippen molar-refractivity contribution in [1.82, 2.24) is 10.2 Å². The number of anilines is 1. The Kier molecular flexibility index (Phi) is 2.77. The summed E-state index contributed by atoms with van der Waals surface area (Å²) < 4.78 is 16.1. The largest absolute Gasteiger partial charge is 0.497 e. The molecule has 1 fully saturated rings. The van der Waals surface area contributed by atoms with E-state index in [-0.39, 0.29) is 0 Å². The molecule has 0 bridgehead atoms. The van der Waals surface area contributed by atoms with Crippen LogP contribution in [0.2, 0.25) is 0 Å². The van der Waals surface area contributed by atoms with Crippen LogP contribution in [0.1, 0.15) is 24.7 Å². The van der Waals surface area contributed by atoms with Gasteiger partial charge in [-0.15, -0.1) is 10.2 Å². The van der Waals surface area contributed by atoms with Crippen LogP contribution in [0.15, 0.2) is 16.5 Å². The molecule has 1 aliphatic rings. The highest BCUT2D eigenvalue weighted by Crippen LogP contribution is 2.42. The third-order valence-corrected chi connectivity index (χ3v) is 3.17. The van der Waals surface area contributed by atoms with Crippen molar-refractivity contribution in [2.75, 3.05) is 20.0 Å². The predicted octanol–water partition coefficient (Wildman–Crippen LogP) is 2.21. The zero-order chi connectivity index (χ0) is 13.4. The normalized spacial score (nSPS) is 14.4. The molecular weight excluding hydrogens is 246 g/mol. The quantitative estimate of drug-likeness (QED) is 0.849. The Morgan fingerprint density at radius 1 is 1.21 bits per heavy atom. The number of hydrogen-bond acceptors (Lipinski definition) is 6. The molecule has 0 saturated heterocycles. The van der Waals surface area contributed by atoms with Crippen molar-refractivity contribution in [2.45, 2.75) is 18.8 Å². The average Bonchev–Trinajstić information content (AvgIpc) is 3.17. The van der Waals surface area contributed by atoms with Crippen LogP contribution in [-0.2, 0) is 0 Å². The summed E-state index contributed by atoms with van der Waals surface area (Å²) in [6.45, 7) is 0. The first-order valence-electron chi connectivity index (χ1n) is 6.08. The van der Waals surface area contributed by atoms with Gasteiger partial charge in [0.25, 0.3) is 0 Å². The molecule has 0 spiro atoms. The van der Waals surface area contributed by atoms with Crippen LogP contribution in [0.4, 0.5) is 5.69 Å². The molecule has 0 unspecified atom stereocenters. The van der Waals surface area contributed by atoms with Gasteiger partial charge in [-0.2, -0.15) is 0 Å². The SMILES string of the molecule is COc1cc(OC)c(N)c(-c2nnc(C3CC3)o2)c1. The highest BCUT2D eigenvalue weighted by Gasteiger charge is 2.30. The molecule has 2 N–H and O–H groups in total. The third-order valence-electron chi connectivity index (χ3n) is 3.17. The maximum atomic E-state index is 6.04. The molecule has 1 aromatic heterocycles. The van der Waals surface area contributed by atoms with E-state index in [0.29, 0.717) is 40.4 Å². The molecule has 0 amide bonds. The molecule has 1 aromatic carbocycles. The van der Waals surface area contributed by atoms with Crippen molar-refractivity contribution < 1.29 is 13.9 Å². The molecule has 0 aliphatic heterocycles. The fourth-order valence-electron chi connectivity index (χ4n) is 1.90. The summed E-state index contributed by atoms with van der Waals surface area (Å²) in [6.07, 6.45) is 2.22. The number of nitrogens with zero attached hydrogens (tertiary/aromatic N) is 2. The van der Waals surface area contributed by atoms with Crippen LogP contribution in [0.5, 0.6) is 11.5 Å². The molecule has 3 rings (SSSR count). The molecule has 0 atom stereocenters. The van der Waals surface area contributed by atoms with Crippen molar-refractivity contribution in [3.05, 3.63) is 18.0 Å². The lowest BCUT2D eigenvalue weighted by Gasteiger charge is -2.10. The summed E-state index contributed by atoms with van der Waals surface area (Å²) in [5.41, 5.74) is 7.14. The number of methoxy groups -OCH3 is 2. The Hall–Kier alpha value is -2.24. The lowest BCUT2D eigenvalue weighted by molar-refractivity contribution is 0.395. The minimum atomic E-state index is 0.400. The van der Waals surface area contributed by atoms with Gasteiger partial charge >= 0.3 is 0 Å². The van der Waals surface area contributed by atoms with E-state index in [9.17, 15) is 0 Å². The molecule has 1 saturated carbocycles. The van der Waals surface area contributed by atoms with Crippen LogP contribution in [0, 0.1) is 0 Å². The second kappa shape index (κ2) is 4.46. The maximum Gasteiger partial charge on any atom is 0.250 e. The van der Waals surface area contributed by atoms with Gasteiger partial charge in [0.15, 0.2) is 0 Å². The molecule has 2 aromatic rings. The van der Waals surface area contributed by atoms with Gasteiger partial charge in [0.2, 0.25) is 11.8 Å². The van der Waals surface area contributed by atoms with E-state index in [1.165, 1.54) is 0 Å². The first kappa shape index (κ1) is 11.8. The van der Waals surface area contributed by atoms with Crippen LogP contribution < -0.4 is 15.2 Å². The van der Waals surface area contributed by atoms with E-state index in [0.717, 1.165) is 12.8 Å². The summed E-state index contributed by atoms with van der Waals surface area (Å²) in [7, 11) is 3.14. The van der Waals surface area contributed by atoms with Crippen molar-refractivity contribution in [1.29, 1.82) is 0 Å². The van der Waals surface area contributed by atoms with E-state index in [1.807, 2.05) is 0 Å². The second-order valence-electron chi connectivity index (χ2n) is 4.51. The number of aromatic nitrogens is 2.